The lowest BCUT2D eigenvalue weighted by Crippen LogP contribution is -2.45. The summed E-state index contributed by atoms with van der Waals surface area (Å²) >= 11 is 5.66. The molecule has 1 fully saturated rings. The lowest BCUT2D eigenvalue weighted by Gasteiger charge is -2.35. The Labute approximate surface area is 108 Å². The summed E-state index contributed by atoms with van der Waals surface area (Å²) in [6.45, 7) is 0.864. The van der Waals surface area contributed by atoms with Crippen molar-refractivity contribution in [3.05, 3.63) is 35.9 Å². The molecule has 1 unspecified atom stereocenters. The van der Waals surface area contributed by atoms with Crippen molar-refractivity contribution in [2.45, 2.75) is 31.7 Å². The standard InChI is InChI=1S/C14H18ClNO/c15-11-14(17)16-9-5-4-8-13(16)10-12-6-2-1-3-7-12/h1-3,6-7,13H,4-5,8-11H2. The minimum Gasteiger partial charge on any atom is -0.338 e. The van der Waals surface area contributed by atoms with E-state index in [2.05, 4.69) is 12.1 Å². The molecule has 1 atom stereocenters. The van der Waals surface area contributed by atoms with E-state index in [1.807, 2.05) is 23.1 Å². The van der Waals surface area contributed by atoms with E-state index >= 15 is 0 Å². The predicted octanol–water partition coefficient (Wildman–Crippen LogP) is 2.85. The normalized spacial score (nSPS) is 20.3. The molecule has 1 aliphatic rings. The van der Waals surface area contributed by atoms with Crippen molar-refractivity contribution < 1.29 is 4.79 Å². The van der Waals surface area contributed by atoms with E-state index in [0.717, 1.165) is 25.8 Å². The van der Waals surface area contributed by atoms with Gasteiger partial charge in [0.25, 0.3) is 0 Å². The molecule has 1 aromatic carbocycles. The molecule has 3 heteroatoms. The van der Waals surface area contributed by atoms with Gasteiger partial charge in [-0.05, 0) is 31.2 Å². The maximum atomic E-state index is 11.8. The van der Waals surface area contributed by atoms with E-state index in [9.17, 15) is 4.79 Å². The summed E-state index contributed by atoms with van der Waals surface area (Å²) in [6, 6.07) is 10.7. The quantitative estimate of drug-likeness (QED) is 0.757. The third-order valence-electron chi connectivity index (χ3n) is 3.38. The second-order valence-corrected chi connectivity index (χ2v) is 4.83. The molecule has 0 aromatic heterocycles. The number of hydrogen-bond acceptors (Lipinski definition) is 1. The second kappa shape index (κ2) is 6.06. The number of likely N-dealkylation sites (tertiary alicyclic amines) is 1. The van der Waals surface area contributed by atoms with Gasteiger partial charge in [-0.2, -0.15) is 0 Å². The average molecular weight is 252 g/mol. The largest absolute Gasteiger partial charge is 0.338 e. The third kappa shape index (κ3) is 3.22. The van der Waals surface area contributed by atoms with Crippen LogP contribution in [0.2, 0.25) is 0 Å². The van der Waals surface area contributed by atoms with Crippen molar-refractivity contribution in [3.63, 3.8) is 0 Å². The van der Waals surface area contributed by atoms with Crippen molar-refractivity contribution in [3.8, 4) is 0 Å². The first-order chi connectivity index (χ1) is 8.31. The number of amides is 1. The zero-order valence-electron chi connectivity index (χ0n) is 9.94. The lowest BCUT2D eigenvalue weighted by molar-refractivity contribution is -0.132. The number of piperidine rings is 1. The van der Waals surface area contributed by atoms with Crippen LogP contribution in [0.15, 0.2) is 30.3 Å². The molecule has 0 bridgehead atoms. The Bertz CT molecular complexity index is 366. The maximum absolute atomic E-state index is 11.8. The van der Waals surface area contributed by atoms with Crippen molar-refractivity contribution in [2.75, 3.05) is 12.4 Å². The number of carbonyl (C=O) groups is 1. The molecule has 1 amide bonds. The molecule has 2 nitrogen and oxygen atoms in total. The molecule has 0 saturated carbocycles. The van der Waals surface area contributed by atoms with Crippen LogP contribution in [0.5, 0.6) is 0 Å². The van der Waals surface area contributed by atoms with Gasteiger partial charge < -0.3 is 4.90 Å². The van der Waals surface area contributed by atoms with E-state index < -0.39 is 0 Å². The van der Waals surface area contributed by atoms with Crippen LogP contribution in [0.1, 0.15) is 24.8 Å². The highest BCUT2D eigenvalue weighted by Gasteiger charge is 2.25. The highest BCUT2D eigenvalue weighted by Crippen LogP contribution is 2.21. The highest BCUT2D eigenvalue weighted by atomic mass is 35.5. The van der Waals surface area contributed by atoms with Gasteiger partial charge >= 0.3 is 0 Å². The number of hydrogen-bond donors (Lipinski definition) is 0. The molecule has 0 aliphatic carbocycles. The molecule has 0 spiro atoms. The maximum Gasteiger partial charge on any atom is 0.237 e. The Hall–Kier alpha value is -1.02. The number of alkyl halides is 1. The topological polar surface area (TPSA) is 20.3 Å². The zero-order valence-corrected chi connectivity index (χ0v) is 10.7. The van der Waals surface area contributed by atoms with Gasteiger partial charge in [-0.15, -0.1) is 11.6 Å². The fourth-order valence-corrected chi connectivity index (χ4v) is 2.66. The first-order valence-electron chi connectivity index (χ1n) is 6.20. The van der Waals surface area contributed by atoms with Gasteiger partial charge in [0, 0.05) is 12.6 Å². The van der Waals surface area contributed by atoms with Gasteiger partial charge in [0.15, 0.2) is 0 Å². The summed E-state index contributed by atoms with van der Waals surface area (Å²) in [5.41, 5.74) is 1.30. The van der Waals surface area contributed by atoms with E-state index in [4.69, 9.17) is 11.6 Å². The van der Waals surface area contributed by atoms with E-state index in [1.54, 1.807) is 0 Å². The van der Waals surface area contributed by atoms with Gasteiger partial charge in [-0.3, -0.25) is 4.79 Å². The molecular formula is C14H18ClNO. The summed E-state index contributed by atoms with van der Waals surface area (Å²) in [4.78, 5) is 13.7. The predicted molar refractivity (Wildman–Crippen MR) is 70.2 cm³/mol. The molecule has 1 heterocycles. The van der Waals surface area contributed by atoms with Gasteiger partial charge in [0.05, 0.1) is 0 Å². The Kier molecular flexibility index (Phi) is 4.43. The SMILES string of the molecule is O=C(CCl)N1CCCCC1Cc1ccccc1. The monoisotopic (exact) mass is 251 g/mol. The van der Waals surface area contributed by atoms with Gasteiger partial charge in [0.2, 0.25) is 5.91 Å². The average Bonchev–Trinajstić information content (AvgIpc) is 2.40. The molecule has 0 radical (unpaired) electrons. The number of nitrogens with zero attached hydrogens (tertiary/aromatic N) is 1. The van der Waals surface area contributed by atoms with Crippen molar-refractivity contribution in [1.29, 1.82) is 0 Å². The van der Waals surface area contributed by atoms with Gasteiger partial charge in [-0.25, -0.2) is 0 Å². The Morgan fingerprint density at radius 3 is 2.76 bits per heavy atom. The third-order valence-corrected chi connectivity index (χ3v) is 3.60. The van der Waals surface area contributed by atoms with Crippen LogP contribution in [0.4, 0.5) is 0 Å². The Morgan fingerprint density at radius 1 is 1.29 bits per heavy atom. The van der Waals surface area contributed by atoms with E-state index in [-0.39, 0.29) is 11.8 Å². The van der Waals surface area contributed by atoms with Gasteiger partial charge in [-0.1, -0.05) is 30.3 Å². The zero-order chi connectivity index (χ0) is 12.1. The van der Waals surface area contributed by atoms with Crippen LogP contribution < -0.4 is 0 Å². The summed E-state index contributed by atoms with van der Waals surface area (Å²) in [6.07, 6.45) is 4.36. The summed E-state index contributed by atoms with van der Waals surface area (Å²) in [5.74, 6) is 0.179. The number of rotatable bonds is 3. The smallest absolute Gasteiger partial charge is 0.237 e. The molecule has 1 aliphatic heterocycles. The molecule has 92 valence electrons. The number of halogens is 1. The van der Waals surface area contributed by atoms with Crippen LogP contribution in [0.3, 0.4) is 0 Å². The van der Waals surface area contributed by atoms with Crippen molar-refractivity contribution in [2.24, 2.45) is 0 Å². The lowest BCUT2D eigenvalue weighted by atomic mass is 9.95. The molecular weight excluding hydrogens is 234 g/mol. The minimum atomic E-state index is 0.0762. The van der Waals surface area contributed by atoms with Crippen LogP contribution >= 0.6 is 11.6 Å². The van der Waals surface area contributed by atoms with Gasteiger partial charge in [0.1, 0.15) is 5.88 Å². The first-order valence-corrected chi connectivity index (χ1v) is 6.74. The fourth-order valence-electron chi connectivity index (χ4n) is 2.50. The van der Waals surface area contributed by atoms with Crippen molar-refractivity contribution >= 4 is 17.5 Å². The Morgan fingerprint density at radius 2 is 2.06 bits per heavy atom. The highest BCUT2D eigenvalue weighted by molar-refractivity contribution is 6.27. The fraction of sp³-hybridized carbons (Fsp3) is 0.500. The minimum absolute atomic E-state index is 0.0762. The number of benzene rings is 1. The van der Waals surface area contributed by atoms with Crippen LogP contribution in [0.25, 0.3) is 0 Å². The summed E-state index contributed by atoms with van der Waals surface area (Å²) in [5, 5.41) is 0. The molecule has 0 N–H and O–H groups in total. The molecule has 1 aromatic rings. The van der Waals surface area contributed by atoms with E-state index in [0.29, 0.717) is 6.04 Å². The number of carbonyl (C=O) groups excluding carboxylic acids is 1. The molecule has 1 saturated heterocycles. The molecule has 2 rings (SSSR count). The van der Waals surface area contributed by atoms with Crippen LogP contribution in [0, 0.1) is 0 Å². The van der Waals surface area contributed by atoms with E-state index in [1.165, 1.54) is 12.0 Å². The first kappa shape index (κ1) is 12.4. The second-order valence-electron chi connectivity index (χ2n) is 4.56. The Balaban J connectivity index is 2.04. The van der Waals surface area contributed by atoms with Crippen LogP contribution in [-0.2, 0) is 11.2 Å². The van der Waals surface area contributed by atoms with Crippen LogP contribution in [-0.4, -0.2) is 29.3 Å². The summed E-state index contributed by atoms with van der Waals surface area (Å²) < 4.78 is 0. The molecule has 17 heavy (non-hydrogen) atoms. The van der Waals surface area contributed by atoms with Crippen molar-refractivity contribution in [1.82, 2.24) is 4.90 Å². The summed E-state index contributed by atoms with van der Waals surface area (Å²) in [7, 11) is 0.